The summed E-state index contributed by atoms with van der Waals surface area (Å²) in [5.74, 6) is 1.88. The molecule has 0 saturated carbocycles. The Morgan fingerprint density at radius 3 is 1.38 bits per heavy atom. The van der Waals surface area contributed by atoms with Crippen LogP contribution in [-0.2, 0) is 0 Å². The summed E-state index contributed by atoms with van der Waals surface area (Å²) in [6.07, 6.45) is 0. The first-order valence-electron chi connectivity index (χ1n) is 21.1. The molecule has 286 valence electrons. The third-order valence-corrected chi connectivity index (χ3v) is 13.1. The number of benzene rings is 8. The molecule has 4 aliphatic heterocycles. The van der Waals surface area contributed by atoms with Gasteiger partial charge in [0, 0.05) is 51.2 Å². The summed E-state index contributed by atoms with van der Waals surface area (Å²) in [4.78, 5) is 7.57. The van der Waals surface area contributed by atoms with Gasteiger partial charge >= 0.3 is 0 Å². The summed E-state index contributed by atoms with van der Waals surface area (Å²) in [5.41, 5.74) is 25.8. The molecule has 8 aromatic carbocycles. The van der Waals surface area contributed by atoms with E-state index < -0.39 is 0 Å². The van der Waals surface area contributed by atoms with Crippen LogP contribution in [0.15, 0.2) is 152 Å². The van der Waals surface area contributed by atoms with Crippen LogP contribution in [0.1, 0.15) is 33.4 Å². The zero-order chi connectivity index (χ0) is 40.6. The van der Waals surface area contributed by atoms with Crippen LogP contribution < -0.4 is 52.2 Å². The molecule has 12 rings (SSSR count). The van der Waals surface area contributed by atoms with Gasteiger partial charge in [-0.15, -0.1) is 0 Å². The smallest absolute Gasteiger partial charge is 0.256 e. The molecular formula is C54H43B2N3O. The summed E-state index contributed by atoms with van der Waals surface area (Å²) >= 11 is 0. The maximum atomic E-state index is 6.89. The fraction of sp³-hybridized carbons (Fsp3) is 0.111. The zero-order valence-corrected chi connectivity index (χ0v) is 34.8. The highest BCUT2D eigenvalue weighted by Gasteiger charge is 2.47. The predicted molar refractivity (Wildman–Crippen MR) is 255 cm³/mol. The van der Waals surface area contributed by atoms with Gasteiger partial charge in [-0.2, -0.15) is 0 Å². The highest BCUT2D eigenvalue weighted by Crippen LogP contribution is 2.48. The van der Waals surface area contributed by atoms with E-state index in [0.717, 1.165) is 22.9 Å². The van der Waals surface area contributed by atoms with E-state index in [4.69, 9.17) is 4.74 Å². The first-order chi connectivity index (χ1) is 29.2. The number of rotatable bonds is 3. The Hall–Kier alpha value is -6.91. The number of ether oxygens (including phenoxy) is 1. The van der Waals surface area contributed by atoms with E-state index >= 15 is 0 Å². The highest BCUT2D eigenvalue weighted by molar-refractivity contribution is 7.02. The van der Waals surface area contributed by atoms with Crippen molar-refractivity contribution in [1.29, 1.82) is 0 Å². The van der Waals surface area contributed by atoms with Crippen LogP contribution in [0.2, 0.25) is 0 Å². The second-order valence-electron chi connectivity index (χ2n) is 17.5. The van der Waals surface area contributed by atoms with E-state index in [1.165, 1.54) is 106 Å². The molecule has 0 radical (unpaired) electrons. The minimum Gasteiger partial charge on any atom is -0.458 e. The van der Waals surface area contributed by atoms with E-state index in [2.05, 4.69) is 208 Å². The van der Waals surface area contributed by atoms with Crippen LogP contribution in [0.25, 0.3) is 0 Å². The van der Waals surface area contributed by atoms with E-state index in [1.807, 2.05) is 0 Å². The molecular weight excluding hydrogens is 728 g/mol. The Morgan fingerprint density at radius 2 is 0.767 bits per heavy atom. The second kappa shape index (κ2) is 12.8. The third-order valence-electron chi connectivity index (χ3n) is 13.1. The maximum Gasteiger partial charge on any atom is 0.256 e. The van der Waals surface area contributed by atoms with Crippen LogP contribution in [0.5, 0.6) is 11.5 Å². The Morgan fingerprint density at radius 1 is 0.317 bits per heavy atom. The lowest BCUT2D eigenvalue weighted by Gasteiger charge is -2.46. The van der Waals surface area contributed by atoms with Crippen LogP contribution >= 0.6 is 0 Å². The Bertz CT molecular complexity index is 3110. The minimum absolute atomic E-state index is 0.00462. The van der Waals surface area contributed by atoms with Crippen molar-refractivity contribution >= 4 is 97.4 Å². The predicted octanol–water partition coefficient (Wildman–Crippen LogP) is 10.0. The largest absolute Gasteiger partial charge is 0.458 e. The Balaban J connectivity index is 1.21. The number of para-hydroxylation sites is 2. The van der Waals surface area contributed by atoms with Crippen molar-refractivity contribution in [2.75, 3.05) is 14.7 Å². The van der Waals surface area contributed by atoms with Crippen LogP contribution in [0, 0.1) is 41.5 Å². The molecule has 60 heavy (non-hydrogen) atoms. The number of hydrogen-bond donors (Lipinski definition) is 0. The lowest BCUT2D eigenvalue weighted by Crippen LogP contribution is -2.64. The molecule has 4 nitrogen and oxygen atoms in total. The molecule has 4 aliphatic rings. The van der Waals surface area contributed by atoms with Crippen molar-refractivity contribution in [2.45, 2.75) is 41.5 Å². The molecule has 0 unspecified atom stereocenters. The molecule has 0 fully saturated rings. The van der Waals surface area contributed by atoms with Crippen molar-refractivity contribution < 1.29 is 4.74 Å². The average Bonchev–Trinajstić information content (AvgIpc) is 3.22. The molecule has 0 saturated heterocycles. The summed E-state index contributed by atoms with van der Waals surface area (Å²) in [6.45, 7) is 13.2. The van der Waals surface area contributed by atoms with Crippen LogP contribution in [0.3, 0.4) is 0 Å². The van der Waals surface area contributed by atoms with E-state index in [-0.39, 0.29) is 13.4 Å². The molecule has 0 N–H and O–H groups in total. The van der Waals surface area contributed by atoms with Gasteiger partial charge in [0.25, 0.3) is 13.4 Å². The quantitative estimate of drug-likeness (QED) is 0.167. The summed E-state index contributed by atoms with van der Waals surface area (Å²) in [5, 5.41) is 0. The molecule has 8 aromatic rings. The molecule has 6 heteroatoms. The normalized spacial score (nSPS) is 13.8. The highest BCUT2D eigenvalue weighted by atomic mass is 16.5. The molecule has 0 bridgehead atoms. The summed E-state index contributed by atoms with van der Waals surface area (Å²) in [6, 6.07) is 57.2. The van der Waals surface area contributed by atoms with Crippen molar-refractivity contribution in [3.05, 3.63) is 185 Å². The number of anilines is 9. The first kappa shape index (κ1) is 35.1. The van der Waals surface area contributed by atoms with Gasteiger partial charge in [0.05, 0.1) is 0 Å². The first-order valence-corrected chi connectivity index (χ1v) is 21.1. The second-order valence-corrected chi connectivity index (χ2v) is 17.5. The minimum atomic E-state index is -0.0166. The fourth-order valence-corrected chi connectivity index (χ4v) is 10.8. The Kier molecular flexibility index (Phi) is 7.48. The third kappa shape index (κ3) is 5.06. The maximum absolute atomic E-state index is 6.89. The molecule has 0 atom stereocenters. The summed E-state index contributed by atoms with van der Waals surface area (Å²) in [7, 11) is 0. The van der Waals surface area contributed by atoms with Gasteiger partial charge in [-0.3, -0.25) is 0 Å². The molecule has 0 spiro atoms. The summed E-state index contributed by atoms with van der Waals surface area (Å²) < 4.78 is 6.89. The average molecular weight is 772 g/mol. The van der Waals surface area contributed by atoms with Crippen LogP contribution in [-0.4, -0.2) is 13.4 Å². The van der Waals surface area contributed by atoms with Crippen molar-refractivity contribution in [3.63, 3.8) is 0 Å². The van der Waals surface area contributed by atoms with Gasteiger partial charge in [-0.1, -0.05) is 72.8 Å². The van der Waals surface area contributed by atoms with E-state index in [9.17, 15) is 0 Å². The monoisotopic (exact) mass is 771 g/mol. The number of nitrogens with zero attached hydrogens (tertiary/aromatic N) is 3. The van der Waals surface area contributed by atoms with Gasteiger partial charge in [0.15, 0.2) is 0 Å². The number of aryl methyl sites for hydroxylation is 6. The topological polar surface area (TPSA) is 19.0 Å². The molecule has 4 heterocycles. The molecule has 0 amide bonds. The SMILES string of the molecule is Cc1cc(C)cc(N2c3cc(C)ccc3B3c4cc5c(cc4N(c4ccccc4)c4cc(C)cc2c43)N(c2ccccc2)c2cc(C)cc3c2B5c2ccc(C)cc2O3)c1. The van der Waals surface area contributed by atoms with Gasteiger partial charge in [0.1, 0.15) is 11.5 Å². The number of fused-ring (bicyclic) bond motifs is 8. The lowest BCUT2D eigenvalue weighted by atomic mass is 9.30. The number of hydrogen-bond acceptors (Lipinski definition) is 4. The fourth-order valence-electron chi connectivity index (χ4n) is 10.8. The van der Waals surface area contributed by atoms with Crippen molar-refractivity contribution in [2.24, 2.45) is 0 Å². The van der Waals surface area contributed by atoms with Crippen LogP contribution in [0.4, 0.5) is 51.2 Å². The molecule has 0 aromatic heterocycles. The van der Waals surface area contributed by atoms with Crippen molar-refractivity contribution in [3.8, 4) is 11.5 Å². The van der Waals surface area contributed by atoms with Gasteiger partial charge in [-0.25, -0.2) is 0 Å². The standard InChI is InChI=1S/C54H43B2N3O/c1-32-17-19-41-45(24-32)59(40-22-34(3)21-35(4)23-40)49-26-36(5)25-48-53(49)55(41)43-30-44-47(31-46(43)57(48)38-13-9-7-10-14-38)58(39-15-11-8-12-16-39)50-27-37(6)29-52-54(50)56(44)42-20-18-33(2)28-51(42)60-52/h7-31H,1-6H3. The zero-order valence-electron chi connectivity index (χ0n) is 34.8. The van der Waals surface area contributed by atoms with Gasteiger partial charge in [0.2, 0.25) is 0 Å². The van der Waals surface area contributed by atoms with Gasteiger partial charge < -0.3 is 19.4 Å². The molecule has 0 aliphatic carbocycles. The Labute approximate surface area is 353 Å². The van der Waals surface area contributed by atoms with Gasteiger partial charge in [-0.05, 0) is 187 Å². The van der Waals surface area contributed by atoms with E-state index in [0.29, 0.717) is 0 Å². The lowest BCUT2D eigenvalue weighted by molar-refractivity contribution is 0.486. The van der Waals surface area contributed by atoms with Crippen molar-refractivity contribution in [1.82, 2.24) is 0 Å². The van der Waals surface area contributed by atoms with E-state index in [1.54, 1.807) is 0 Å².